The van der Waals surface area contributed by atoms with E-state index in [1.807, 2.05) is 0 Å². The minimum absolute atomic E-state index is 0.00133. The molecule has 0 aliphatic carbocycles. The SMILES string of the molecule is C[C@](N)(Cc1ccc(OBO)c(F)c1)C(=O)O. The van der Waals surface area contributed by atoms with E-state index in [1.54, 1.807) is 0 Å². The molecule has 0 heterocycles. The maximum absolute atomic E-state index is 13.4. The van der Waals surface area contributed by atoms with E-state index in [9.17, 15) is 9.18 Å². The number of nitrogens with two attached hydrogens (primary N) is 1. The van der Waals surface area contributed by atoms with Crippen LogP contribution in [0.2, 0.25) is 0 Å². The molecule has 0 aliphatic heterocycles. The predicted molar refractivity (Wildman–Crippen MR) is 60.3 cm³/mol. The second kappa shape index (κ2) is 5.16. The number of hydrogen-bond acceptors (Lipinski definition) is 4. The first kappa shape index (κ1) is 13.5. The fourth-order valence-electron chi connectivity index (χ4n) is 1.34. The highest BCUT2D eigenvalue weighted by Crippen LogP contribution is 2.20. The lowest BCUT2D eigenvalue weighted by Crippen LogP contribution is -2.46. The fraction of sp³-hybridized carbons (Fsp3) is 0.300. The van der Waals surface area contributed by atoms with E-state index in [4.69, 9.17) is 15.9 Å². The molecule has 0 bridgehead atoms. The van der Waals surface area contributed by atoms with Gasteiger partial charge in [0.2, 0.25) is 0 Å². The molecule has 0 amide bonds. The van der Waals surface area contributed by atoms with Crippen molar-refractivity contribution in [2.75, 3.05) is 0 Å². The lowest BCUT2D eigenvalue weighted by Gasteiger charge is -2.19. The fourth-order valence-corrected chi connectivity index (χ4v) is 1.34. The number of hydrogen-bond donors (Lipinski definition) is 3. The molecule has 17 heavy (non-hydrogen) atoms. The van der Waals surface area contributed by atoms with Crippen molar-refractivity contribution < 1.29 is 24.0 Å². The van der Waals surface area contributed by atoms with Crippen LogP contribution in [0.4, 0.5) is 4.39 Å². The summed E-state index contributed by atoms with van der Waals surface area (Å²) in [6.45, 7) is 1.35. The van der Waals surface area contributed by atoms with Crippen LogP contribution in [-0.2, 0) is 11.2 Å². The summed E-state index contributed by atoms with van der Waals surface area (Å²) in [4.78, 5) is 10.8. The summed E-state index contributed by atoms with van der Waals surface area (Å²) in [6, 6.07) is 3.96. The molecule has 0 aliphatic rings. The largest absolute Gasteiger partial charge is 0.537 e. The molecule has 0 radical (unpaired) electrons. The molecule has 0 fully saturated rings. The van der Waals surface area contributed by atoms with E-state index in [0.717, 1.165) is 6.07 Å². The Morgan fingerprint density at radius 3 is 2.76 bits per heavy atom. The average Bonchev–Trinajstić information content (AvgIpc) is 2.21. The average molecular weight is 241 g/mol. The third-order valence-electron chi connectivity index (χ3n) is 2.28. The molecular formula is C10H13BFNO4. The maximum atomic E-state index is 13.4. The van der Waals surface area contributed by atoms with Gasteiger partial charge in [-0.1, -0.05) is 6.07 Å². The number of halogens is 1. The van der Waals surface area contributed by atoms with Gasteiger partial charge in [-0.05, 0) is 24.6 Å². The Morgan fingerprint density at radius 1 is 1.65 bits per heavy atom. The van der Waals surface area contributed by atoms with Crippen LogP contribution < -0.4 is 10.4 Å². The molecule has 1 rings (SSSR count). The van der Waals surface area contributed by atoms with Crippen LogP contribution in [0.1, 0.15) is 12.5 Å². The van der Waals surface area contributed by atoms with Crippen LogP contribution in [-0.4, -0.2) is 29.3 Å². The molecule has 0 spiro atoms. The molecule has 0 aromatic heterocycles. The van der Waals surface area contributed by atoms with Crippen LogP contribution in [0.3, 0.4) is 0 Å². The van der Waals surface area contributed by atoms with Gasteiger partial charge < -0.3 is 20.5 Å². The topological polar surface area (TPSA) is 92.8 Å². The van der Waals surface area contributed by atoms with Crippen LogP contribution >= 0.6 is 0 Å². The number of rotatable bonds is 5. The Labute approximate surface area is 98.3 Å². The van der Waals surface area contributed by atoms with Gasteiger partial charge in [0.1, 0.15) is 11.3 Å². The van der Waals surface area contributed by atoms with Gasteiger partial charge in [0.05, 0.1) is 0 Å². The number of carbonyl (C=O) groups is 1. The first-order valence-corrected chi connectivity index (χ1v) is 4.91. The van der Waals surface area contributed by atoms with E-state index in [0.29, 0.717) is 5.56 Å². The summed E-state index contributed by atoms with van der Waals surface area (Å²) in [6.07, 6.45) is -0.00133. The standard InChI is InChI=1S/C10H13BFNO4/c1-10(13,9(14)15)5-6-2-3-8(17-11-16)7(12)4-6/h2-4,11,16H,5,13H2,1H3,(H,14,15)/t10-/m0/s1. The first-order valence-electron chi connectivity index (χ1n) is 4.91. The van der Waals surface area contributed by atoms with Crippen molar-refractivity contribution in [1.29, 1.82) is 0 Å². The van der Waals surface area contributed by atoms with E-state index < -0.39 is 25.0 Å². The summed E-state index contributed by atoms with van der Waals surface area (Å²) >= 11 is 0. The molecule has 5 nitrogen and oxygen atoms in total. The van der Waals surface area contributed by atoms with Crippen molar-refractivity contribution in [1.82, 2.24) is 0 Å². The highest BCUT2D eigenvalue weighted by atomic mass is 19.1. The van der Waals surface area contributed by atoms with Gasteiger partial charge in [0.15, 0.2) is 5.82 Å². The Hall–Kier alpha value is -1.60. The summed E-state index contributed by atoms with van der Waals surface area (Å²) in [7, 11) is -0.625. The number of aliphatic carboxylic acids is 1. The minimum atomic E-state index is -1.45. The highest BCUT2D eigenvalue weighted by Gasteiger charge is 2.28. The van der Waals surface area contributed by atoms with Gasteiger partial charge in [-0.15, -0.1) is 0 Å². The molecule has 0 unspecified atom stereocenters. The van der Waals surface area contributed by atoms with Gasteiger partial charge in [0.25, 0.3) is 0 Å². The van der Waals surface area contributed by atoms with Crippen LogP contribution in [0, 0.1) is 5.82 Å². The van der Waals surface area contributed by atoms with Crippen LogP contribution in [0.15, 0.2) is 18.2 Å². The van der Waals surface area contributed by atoms with Gasteiger partial charge in [0, 0.05) is 6.42 Å². The lowest BCUT2D eigenvalue weighted by atomic mass is 9.94. The summed E-state index contributed by atoms with van der Waals surface area (Å²) in [5, 5.41) is 17.3. The molecule has 1 aromatic carbocycles. The minimum Gasteiger partial charge on any atom is -0.537 e. The number of carboxylic acid groups (broad SMARTS) is 1. The predicted octanol–water partition coefficient (Wildman–Crippen LogP) is -0.192. The molecule has 4 N–H and O–H groups in total. The van der Waals surface area contributed by atoms with E-state index in [2.05, 4.69) is 4.65 Å². The maximum Gasteiger partial charge on any atom is 0.504 e. The molecule has 1 aromatic rings. The van der Waals surface area contributed by atoms with Crippen molar-refractivity contribution >= 4 is 13.7 Å². The molecular weight excluding hydrogens is 228 g/mol. The Morgan fingerprint density at radius 2 is 2.29 bits per heavy atom. The van der Waals surface area contributed by atoms with Crippen molar-refractivity contribution in [3.63, 3.8) is 0 Å². The van der Waals surface area contributed by atoms with Crippen LogP contribution in [0.25, 0.3) is 0 Å². The first-order chi connectivity index (χ1) is 7.86. The van der Waals surface area contributed by atoms with Crippen molar-refractivity contribution in [2.45, 2.75) is 18.9 Å². The van der Waals surface area contributed by atoms with Crippen LogP contribution in [0.5, 0.6) is 5.75 Å². The summed E-state index contributed by atoms with van der Waals surface area (Å²) < 4.78 is 18.0. The Kier molecular flexibility index (Phi) is 4.09. The third kappa shape index (κ3) is 3.43. The highest BCUT2D eigenvalue weighted by molar-refractivity contribution is 6.17. The second-order valence-electron chi connectivity index (χ2n) is 3.94. The quantitative estimate of drug-likeness (QED) is 0.621. The summed E-state index contributed by atoms with van der Waals surface area (Å²) in [5.74, 6) is -1.92. The zero-order chi connectivity index (χ0) is 13.1. The number of benzene rings is 1. The van der Waals surface area contributed by atoms with E-state index in [-0.39, 0.29) is 12.2 Å². The molecule has 7 heteroatoms. The Bertz CT molecular complexity index is 425. The molecule has 1 atom stereocenters. The zero-order valence-electron chi connectivity index (χ0n) is 9.31. The Balaban J connectivity index is 2.87. The second-order valence-corrected chi connectivity index (χ2v) is 3.94. The normalized spacial score (nSPS) is 13.9. The van der Waals surface area contributed by atoms with Crippen molar-refractivity contribution in [3.05, 3.63) is 29.6 Å². The smallest absolute Gasteiger partial charge is 0.504 e. The third-order valence-corrected chi connectivity index (χ3v) is 2.28. The van der Waals surface area contributed by atoms with E-state index >= 15 is 0 Å². The molecule has 92 valence electrons. The van der Waals surface area contributed by atoms with Gasteiger partial charge in [-0.25, -0.2) is 4.39 Å². The molecule has 0 saturated carbocycles. The van der Waals surface area contributed by atoms with Crippen molar-refractivity contribution in [2.24, 2.45) is 5.73 Å². The van der Waals surface area contributed by atoms with E-state index in [1.165, 1.54) is 19.1 Å². The van der Waals surface area contributed by atoms with Crippen molar-refractivity contribution in [3.8, 4) is 5.75 Å². The zero-order valence-corrected chi connectivity index (χ0v) is 9.31. The molecule has 0 saturated heterocycles. The monoisotopic (exact) mass is 241 g/mol. The number of carboxylic acids is 1. The van der Waals surface area contributed by atoms with Gasteiger partial charge in [-0.2, -0.15) is 0 Å². The summed E-state index contributed by atoms with van der Waals surface area (Å²) in [5.41, 5.74) is 4.54. The van der Waals surface area contributed by atoms with Gasteiger partial charge in [-0.3, -0.25) is 4.79 Å². The lowest BCUT2D eigenvalue weighted by molar-refractivity contribution is -0.142. The van der Waals surface area contributed by atoms with Gasteiger partial charge >= 0.3 is 13.7 Å².